The van der Waals surface area contributed by atoms with Crippen molar-refractivity contribution < 1.29 is 14.3 Å². The molecule has 1 aliphatic rings. The SMILES string of the molecule is COCCOc1ccc(Br)cc1C(=O)NC(=S)N1CCN(C)CC1. The lowest BCUT2D eigenvalue weighted by atomic mass is 10.2. The Balaban J connectivity index is 2.02. The predicted molar refractivity (Wildman–Crippen MR) is 101 cm³/mol. The van der Waals surface area contributed by atoms with Crippen molar-refractivity contribution in [1.29, 1.82) is 0 Å². The van der Waals surface area contributed by atoms with Crippen LogP contribution in [-0.4, -0.2) is 74.4 Å². The average Bonchev–Trinajstić information content (AvgIpc) is 2.56. The number of nitrogens with one attached hydrogen (secondary N) is 1. The minimum absolute atomic E-state index is 0.271. The minimum atomic E-state index is -0.271. The molecular weight excluding hydrogens is 394 g/mol. The number of likely N-dealkylation sites (N-methyl/N-ethyl adjacent to an activating group) is 1. The van der Waals surface area contributed by atoms with Crippen LogP contribution in [0.3, 0.4) is 0 Å². The summed E-state index contributed by atoms with van der Waals surface area (Å²) in [7, 11) is 3.68. The molecule has 132 valence electrons. The molecule has 0 aliphatic carbocycles. The Morgan fingerprint density at radius 2 is 2.00 bits per heavy atom. The Kier molecular flexibility index (Phi) is 7.41. The monoisotopic (exact) mass is 415 g/mol. The quantitative estimate of drug-likeness (QED) is 0.583. The molecule has 1 saturated heterocycles. The van der Waals surface area contributed by atoms with Crippen LogP contribution in [0, 0.1) is 0 Å². The van der Waals surface area contributed by atoms with Gasteiger partial charge < -0.3 is 19.3 Å². The fourth-order valence-electron chi connectivity index (χ4n) is 2.29. The molecule has 0 aromatic heterocycles. The third-order valence-electron chi connectivity index (χ3n) is 3.74. The number of piperazine rings is 1. The number of nitrogens with zero attached hydrogens (tertiary/aromatic N) is 2. The maximum atomic E-state index is 12.6. The predicted octanol–water partition coefficient (Wildman–Crippen LogP) is 1.74. The smallest absolute Gasteiger partial charge is 0.261 e. The summed E-state index contributed by atoms with van der Waals surface area (Å²) in [4.78, 5) is 16.8. The zero-order valence-electron chi connectivity index (χ0n) is 13.9. The molecule has 1 aromatic carbocycles. The second-order valence-corrected chi connectivity index (χ2v) is 6.83. The van der Waals surface area contributed by atoms with Crippen molar-refractivity contribution in [1.82, 2.24) is 15.1 Å². The zero-order valence-corrected chi connectivity index (χ0v) is 16.3. The summed E-state index contributed by atoms with van der Waals surface area (Å²) in [6.45, 7) is 4.31. The van der Waals surface area contributed by atoms with Gasteiger partial charge in [-0.3, -0.25) is 10.1 Å². The number of hydrogen-bond donors (Lipinski definition) is 1. The van der Waals surface area contributed by atoms with Gasteiger partial charge in [0.05, 0.1) is 12.2 Å². The number of benzene rings is 1. The largest absolute Gasteiger partial charge is 0.490 e. The zero-order chi connectivity index (χ0) is 17.5. The third-order valence-corrected chi connectivity index (χ3v) is 4.60. The summed E-state index contributed by atoms with van der Waals surface area (Å²) < 4.78 is 11.4. The van der Waals surface area contributed by atoms with Gasteiger partial charge in [-0.1, -0.05) is 15.9 Å². The fourth-order valence-corrected chi connectivity index (χ4v) is 2.93. The molecule has 1 aliphatic heterocycles. The fraction of sp³-hybridized carbons (Fsp3) is 0.500. The van der Waals surface area contributed by atoms with Gasteiger partial charge in [-0.25, -0.2) is 0 Å². The summed E-state index contributed by atoms with van der Waals surface area (Å²) in [5, 5.41) is 3.26. The molecule has 1 amide bonds. The van der Waals surface area contributed by atoms with Crippen LogP contribution in [0.25, 0.3) is 0 Å². The molecule has 0 spiro atoms. The molecule has 0 bridgehead atoms. The highest BCUT2D eigenvalue weighted by Gasteiger charge is 2.20. The lowest BCUT2D eigenvalue weighted by Gasteiger charge is -2.33. The summed E-state index contributed by atoms with van der Waals surface area (Å²) in [6.07, 6.45) is 0. The molecular formula is C16H22BrN3O3S. The van der Waals surface area contributed by atoms with Gasteiger partial charge in [-0.05, 0) is 37.5 Å². The van der Waals surface area contributed by atoms with Crippen LogP contribution in [0.15, 0.2) is 22.7 Å². The number of carbonyl (C=O) groups is 1. The molecule has 0 unspecified atom stereocenters. The van der Waals surface area contributed by atoms with Crippen LogP contribution in [0.1, 0.15) is 10.4 Å². The Labute approximate surface area is 156 Å². The number of methoxy groups -OCH3 is 1. The van der Waals surface area contributed by atoms with E-state index >= 15 is 0 Å². The van der Waals surface area contributed by atoms with Gasteiger partial charge in [0, 0.05) is 37.8 Å². The van der Waals surface area contributed by atoms with Gasteiger partial charge in [0.15, 0.2) is 5.11 Å². The molecule has 1 N–H and O–H groups in total. The van der Waals surface area contributed by atoms with Crippen molar-refractivity contribution >= 4 is 39.2 Å². The van der Waals surface area contributed by atoms with E-state index in [9.17, 15) is 4.79 Å². The molecule has 6 nitrogen and oxygen atoms in total. The number of hydrogen-bond acceptors (Lipinski definition) is 5. The molecule has 1 fully saturated rings. The Bertz CT molecular complexity index is 592. The maximum absolute atomic E-state index is 12.6. The van der Waals surface area contributed by atoms with Crippen molar-refractivity contribution in [3.05, 3.63) is 28.2 Å². The van der Waals surface area contributed by atoms with Crippen LogP contribution in [0.5, 0.6) is 5.75 Å². The van der Waals surface area contributed by atoms with Crippen molar-refractivity contribution in [3.8, 4) is 5.75 Å². The van der Waals surface area contributed by atoms with E-state index in [-0.39, 0.29) is 5.91 Å². The van der Waals surface area contributed by atoms with E-state index in [4.69, 9.17) is 21.7 Å². The van der Waals surface area contributed by atoms with Gasteiger partial charge in [0.2, 0.25) is 0 Å². The van der Waals surface area contributed by atoms with E-state index in [1.165, 1.54) is 0 Å². The molecule has 24 heavy (non-hydrogen) atoms. The van der Waals surface area contributed by atoms with Crippen LogP contribution in [0.4, 0.5) is 0 Å². The minimum Gasteiger partial charge on any atom is -0.490 e. The van der Waals surface area contributed by atoms with Gasteiger partial charge in [0.1, 0.15) is 12.4 Å². The molecule has 1 aromatic rings. The van der Waals surface area contributed by atoms with E-state index in [0.717, 1.165) is 30.7 Å². The number of carbonyl (C=O) groups excluding carboxylic acids is 1. The summed E-state index contributed by atoms with van der Waals surface area (Å²) in [5.74, 6) is 0.238. The number of ether oxygens (including phenoxy) is 2. The van der Waals surface area contributed by atoms with Gasteiger partial charge >= 0.3 is 0 Å². The lowest BCUT2D eigenvalue weighted by Crippen LogP contribution is -2.51. The van der Waals surface area contributed by atoms with E-state index in [2.05, 4.69) is 33.2 Å². The standard InChI is InChI=1S/C16H22BrN3O3S/c1-19-5-7-20(8-6-19)16(24)18-15(21)13-11-12(17)3-4-14(13)23-10-9-22-2/h3-4,11H,5-10H2,1-2H3,(H,18,21,24). The van der Waals surface area contributed by atoms with E-state index in [0.29, 0.717) is 29.6 Å². The van der Waals surface area contributed by atoms with Crippen LogP contribution in [-0.2, 0) is 4.74 Å². The van der Waals surface area contributed by atoms with Crippen molar-refractivity contribution in [2.24, 2.45) is 0 Å². The van der Waals surface area contributed by atoms with Gasteiger partial charge in [0.25, 0.3) is 5.91 Å². The van der Waals surface area contributed by atoms with Gasteiger partial charge in [-0.2, -0.15) is 0 Å². The van der Waals surface area contributed by atoms with Crippen LogP contribution < -0.4 is 10.1 Å². The molecule has 0 atom stereocenters. The summed E-state index contributed by atoms with van der Waals surface area (Å²) >= 11 is 8.76. The number of halogens is 1. The summed E-state index contributed by atoms with van der Waals surface area (Å²) in [6, 6.07) is 5.31. The third kappa shape index (κ3) is 5.41. The molecule has 8 heteroatoms. The number of amides is 1. The van der Waals surface area contributed by atoms with E-state index in [1.54, 1.807) is 19.2 Å². The van der Waals surface area contributed by atoms with Crippen molar-refractivity contribution in [3.63, 3.8) is 0 Å². The van der Waals surface area contributed by atoms with Crippen LogP contribution >= 0.6 is 28.1 Å². The van der Waals surface area contributed by atoms with Crippen molar-refractivity contribution in [2.45, 2.75) is 0 Å². The number of thiocarbonyl (C=S) groups is 1. The molecule has 1 heterocycles. The van der Waals surface area contributed by atoms with E-state index < -0.39 is 0 Å². The average molecular weight is 416 g/mol. The maximum Gasteiger partial charge on any atom is 0.261 e. The molecule has 0 saturated carbocycles. The molecule has 0 radical (unpaired) electrons. The first-order chi connectivity index (χ1) is 11.5. The second-order valence-electron chi connectivity index (χ2n) is 5.53. The summed E-state index contributed by atoms with van der Waals surface area (Å²) in [5.41, 5.74) is 0.442. The normalized spacial score (nSPS) is 15.2. The Hall–Kier alpha value is -1.22. The van der Waals surface area contributed by atoms with Crippen LogP contribution in [0.2, 0.25) is 0 Å². The Morgan fingerprint density at radius 1 is 1.29 bits per heavy atom. The molecule has 2 rings (SSSR count). The number of rotatable bonds is 5. The first kappa shape index (κ1) is 19.1. The first-order valence-corrected chi connectivity index (χ1v) is 8.91. The highest BCUT2D eigenvalue weighted by atomic mass is 79.9. The van der Waals surface area contributed by atoms with E-state index in [1.807, 2.05) is 11.0 Å². The van der Waals surface area contributed by atoms with Gasteiger partial charge in [-0.15, -0.1) is 0 Å². The lowest BCUT2D eigenvalue weighted by molar-refractivity contribution is 0.0963. The second kappa shape index (κ2) is 9.31. The topological polar surface area (TPSA) is 54.0 Å². The highest BCUT2D eigenvalue weighted by molar-refractivity contribution is 9.10. The Morgan fingerprint density at radius 3 is 2.67 bits per heavy atom. The first-order valence-electron chi connectivity index (χ1n) is 7.71. The van der Waals surface area contributed by atoms with Crippen molar-refractivity contribution in [2.75, 3.05) is 53.6 Å². The highest BCUT2D eigenvalue weighted by Crippen LogP contribution is 2.23.